The van der Waals surface area contributed by atoms with Crippen LogP contribution in [0.1, 0.15) is 5.56 Å². The fourth-order valence-electron chi connectivity index (χ4n) is 1.63. The zero-order valence-electron chi connectivity index (χ0n) is 10.3. The summed E-state index contributed by atoms with van der Waals surface area (Å²) >= 11 is 11.5. The Kier molecular flexibility index (Phi) is 4.45. The third-order valence-corrected chi connectivity index (χ3v) is 3.46. The third kappa shape index (κ3) is 3.28. The van der Waals surface area contributed by atoms with E-state index in [0.29, 0.717) is 13.0 Å². The molecular formula is C13H12Cl2N2O2. The van der Waals surface area contributed by atoms with Crippen LogP contribution in [0.15, 0.2) is 35.3 Å². The van der Waals surface area contributed by atoms with E-state index in [1.54, 1.807) is 7.11 Å². The maximum atomic E-state index is 11.8. The Morgan fingerprint density at radius 1 is 1.26 bits per heavy atom. The lowest BCUT2D eigenvalue weighted by Crippen LogP contribution is -2.24. The molecule has 0 aliphatic rings. The van der Waals surface area contributed by atoms with Crippen molar-refractivity contribution in [2.24, 2.45) is 0 Å². The molecule has 0 amide bonds. The summed E-state index contributed by atoms with van der Waals surface area (Å²) in [4.78, 5) is 11.8. The average Bonchev–Trinajstić information content (AvgIpc) is 2.45. The first-order valence-corrected chi connectivity index (χ1v) is 6.41. The molecule has 2 aromatic rings. The van der Waals surface area contributed by atoms with Gasteiger partial charge in [0.2, 0.25) is 0 Å². The number of aryl methyl sites for hydroxylation is 2. The van der Waals surface area contributed by atoms with Crippen molar-refractivity contribution in [1.82, 2.24) is 9.78 Å². The van der Waals surface area contributed by atoms with E-state index in [1.165, 1.54) is 10.9 Å². The zero-order chi connectivity index (χ0) is 13.8. The summed E-state index contributed by atoms with van der Waals surface area (Å²) in [6, 6.07) is 7.64. The predicted octanol–water partition coefficient (Wildman–Crippen LogP) is 2.80. The van der Waals surface area contributed by atoms with E-state index in [1.807, 2.05) is 24.3 Å². The van der Waals surface area contributed by atoms with Crippen molar-refractivity contribution in [3.63, 3.8) is 0 Å². The van der Waals surface area contributed by atoms with Crippen molar-refractivity contribution in [2.45, 2.75) is 13.0 Å². The maximum Gasteiger partial charge on any atom is 0.287 e. The van der Waals surface area contributed by atoms with E-state index >= 15 is 0 Å². The van der Waals surface area contributed by atoms with Gasteiger partial charge in [0.15, 0.2) is 0 Å². The second kappa shape index (κ2) is 6.08. The molecule has 0 saturated carbocycles. The Hall–Kier alpha value is -1.52. The lowest BCUT2D eigenvalue weighted by atomic mass is 10.1. The molecule has 0 N–H and O–H groups in total. The van der Waals surface area contributed by atoms with E-state index in [4.69, 9.17) is 27.9 Å². The van der Waals surface area contributed by atoms with E-state index in [2.05, 4.69) is 5.10 Å². The first-order valence-electron chi connectivity index (χ1n) is 5.66. The number of hydrogen-bond donors (Lipinski definition) is 0. The zero-order valence-corrected chi connectivity index (χ0v) is 11.8. The van der Waals surface area contributed by atoms with Gasteiger partial charge in [-0.2, -0.15) is 5.10 Å². The van der Waals surface area contributed by atoms with E-state index in [9.17, 15) is 4.79 Å². The van der Waals surface area contributed by atoms with E-state index in [0.717, 1.165) is 11.3 Å². The Balaban J connectivity index is 2.10. The second-order valence-corrected chi connectivity index (χ2v) is 4.72. The van der Waals surface area contributed by atoms with Crippen LogP contribution >= 0.6 is 23.2 Å². The van der Waals surface area contributed by atoms with Crippen molar-refractivity contribution >= 4 is 23.2 Å². The molecule has 0 bridgehead atoms. The molecule has 1 aromatic heterocycles. The molecule has 6 heteroatoms. The summed E-state index contributed by atoms with van der Waals surface area (Å²) in [5.74, 6) is 0.800. The van der Waals surface area contributed by atoms with Gasteiger partial charge in [0.1, 0.15) is 10.8 Å². The lowest BCUT2D eigenvalue weighted by molar-refractivity contribution is 0.414. The molecule has 1 heterocycles. The minimum Gasteiger partial charge on any atom is -0.497 e. The van der Waals surface area contributed by atoms with Crippen LogP contribution in [0.25, 0.3) is 0 Å². The number of halogens is 2. The van der Waals surface area contributed by atoms with Crippen LogP contribution < -0.4 is 10.3 Å². The van der Waals surface area contributed by atoms with Crippen LogP contribution in [-0.4, -0.2) is 16.9 Å². The monoisotopic (exact) mass is 298 g/mol. The number of benzene rings is 1. The van der Waals surface area contributed by atoms with Crippen LogP contribution in [0, 0.1) is 0 Å². The van der Waals surface area contributed by atoms with Crippen molar-refractivity contribution < 1.29 is 4.74 Å². The van der Waals surface area contributed by atoms with Gasteiger partial charge < -0.3 is 4.74 Å². The van der Waals surface area contributed by atoms with Gasteiger partial charge in [0.25, 0.3) is 5.56 Å². The number of hydrogen-bond acceptors (Lipinski definition) is 3. The van der Waals surface area contributed by atoms with E-state index < -0.39 is 0 Å². The molecule has 2 rings (SSSR count). The minimum absolute atomic E-state index is 0.00592. The SMILES string of the molecule is COc1ccc(CCn2ncc(Cl)c(Cl)c2=O)cc1. The molecule has 0 aliphatic carbocycles. The van der Waals surface area contributed by atoms with Crippen LogP contribution in [0.4, 0.5) is 0 Å². The van der Waals surface area contributed by atoms with Crippen LogP contribution in [0.3, 0.4) is 0 Å². The highest BCUT2D eigenvalue weighted by molar-refractivity contribution is 6.41. The van der Waals surface area contributed by atoms with Gasteiger partial charge in [0.05, 0.1) is 18.3 Å². The fraction of sp³-hybridized carbons (Fsp3) is 0.231. The smallest absolute Gasteiger partial charge is 0.287 e. The van der Waals surface area contributed by atoms with Crippen LogP contribution in [0.2, 0.25) is 10.0 Å². The topological polar surface area (TPSA) is 44.1 Å². The van der Waals surface area contributed by atoms with Gasteiger partial charge in [-0.05, 0) is 24.1 Å². The molecule has 0 saturated heterocycles. The second-order valence-electron chi connectivity index (χ2n) is 3.93. The van der Waals surface area contributed by atoms with Gasteiger partial charge in [-0.15, -0.1) is 0 Å². The number of rotatable bonds is 4. The van der Waals surface area contributed by atoms with Crippen LogP contribution in [0.5, 0.6) is 5.75 Å². The predicted molar refractivity (Wildman–Crippen MR) is 75.2 cm³/mol. The average molecular weight is 299 g/mol. The largest absolute Gasteiger partial charge is 0.497 e. The number of methoxy groups -OCH3 is 1. The number of ether oxygens (including phenoxy) is 1. The van der Waals surface area contributed by atoms with Gasteiger partial charge >= 0.3 is 0 Å². The molecule has 100 valence electrons. The normalized spacial score (nSPS) is 10.5. The molecule has 1 aromatic carbocycles. The molecule has 0 atom stereocenters. The van der Waals surface area contributed by atoms with Crippen molar-refractivity contribution in [3.8, 4) is 5.75 Å². The maximum absolute atomic E-state index is 11.8. The summed E-state index contributed by atoms with van der Waals surface area (Å²) < 4.78 is 6.38. The highest BCUT2D eigenvalue weighted by Crippen LogP contribution is 2.15. The molecule has 0 unspecified atom stereocenters. The Morgan fingerprint density at radius 2 is 1.95 bits per heavy atom. The van der Waals surface area contributed by atoms with Crippen molar-refractivity contribution in [3.05, 3.63) is 56.4 Å². The summed E-state index contributed by atoms with van der Waals surface area (Å²) in [5, 5.41) is 4.13. The highest BCUT2D eigenvalue weighted by Gasteiger charge is 2.07. The molecular weight excluding hydrogens is 287 g/mol. The standard InChI is InChI=1S/C13H12Cl2N2O2/c1-19-10-4-2-9(3-5-10)6-7-17-13(18)12(15)11(14)8-16-17/h2-5,8H,6-7H2,1H3. The van der Waals surface area contributed by atoms with Crippen LogP contribution in [-0.2, 0) is 13.0 Å². The molecule has 0 spiro atoms. The van der Waals surface area contributed by atoms with Crippen molar-refractivity contribution in [1.29, 1.82) is 0 Å². The molecule has 19 heavy (non-hydrogen) atoms. The number of nitrogens with zero attached hydrogens (tertiary/aromatic N) is 2. The summed E-state index contributed by atoms with van der Waals surface area (Å²) in [7, 11) is 1.62. The molecule has 0 aliphatic heterocycles. The number of aromatic nitrogens is 2. The quantitative estimate of drug-likeness (QED) is 0.872. The Bertz CT molecular complexity index is 624. The van der Waals surface area contributed by atoms with Crippen molar-refractivity contribution in [2.75, 3.05) is 7.11 Å². The first kappa shape index (κ1) is 13.9. The summed E-state index contributed by atoms with van der Waals surface area (Å²) in [6.45, 7) is 0.446. The highest BCUT2D eigenvalue weighted by atomic mass is 35.5. The Morgan fingerprint density at radius 3 is 2.58 bits per heavy atom. The Labute approximate surface area is 120 Å². The first-order chi connectivity index (χ1) is 9.11. The molecule has 4 nitrogen and oxygen atoms in total. The third-order valence-electron chi connectivity index (χ3n) is 2.71. The molecule has 0 fully saturated rings. The minimum atomic E-state index is -0.373. The van der Waals surface area contributed by atoms with Gasteiger partial charge in [-0.25, -0.2) is 4.68 Å². The summed E-state index contributed by atoms with van der Waals surface area (Å²) in [5.41, 5.74) is 0.711. The van der Waals surface area contributed by atoms with Gasteiger partial charge in [0, 0.05) is 6.54 Å². The lowest BCUT2D eigenvalue weighted by Gasteiger charge is -2.06. The summed E-state index contributed by atoms with van der Waals surface area (Å²) in [6.07, 6.45) is 2.05. The molecule has 0 radical (unpaired) electrons. The van der Waals surface area contributed by atoms with Gasteiger partial charge in [-0.3, -0.25) is 4.79 Å². The van der Waals surface area contributed by atoms with E-state index in [-0.39, 0.29) is 15.6 Å². The fourth-order valence-corrected chi connectivity index (χ4v) is 1.90. The van der Waals surface area contributed by atoms with Gasteiger partial charge in [-0.1, -0.05) is 35.3 Å².